The minimum Gasteiger partial charge on any atom is -0.493 e. The van der Waals surface area contributed by atoms with Crippen LogP contribution in [0.15, 0.2) is 24.3 Å². The van der Waals surface area contributed by atoms with Crippen LogP contribution in [0, 0.1) is 0 Å². The van der Waals surface area contributed by atoms with E-state index in [0.717, 1.165) is 5.56 Å². The van der Waals surface area contributed by atoms with Gasteiger partial charge in [-0.3, -0.25) is 4.79 Å². The zero-order valence-electron chi connectivity index (χ0n) is 19.9. The molecule has 32 heavy (non-hydrogen) atoms. The van der Waals surface area contributed by atoms with E-state index < -0.39 is 0 Å². The Labute approximate surface area is 189 Å². The molecule has 2 aromatic carbocycles. The lowest BCUT2D eigenvalue weighted by molar-refractivity contribution is 0.0938. The second-order valence-corrected chi connectivity index (χ2v) is 6.75. The molecule has 2 aromatic rings. The van der Waals surface area contributed by atoms with Gasteiger partial charge in [0.15, 0.2) is 23.0 Å². The Hall–Kier alpha value is -3.29. The fourth-order valence-corrected chi connectivity index (χ4v) is 3.23. The Morgan fingerprint density at radius 2 is 1.25 bits per heavy atom. The van der Waals surface area contributed by atoms with Gasteiger partial charge >= 0.3 is 0 Å². The number of hydrogen-bond acceptors (Lipinski definition) is 7. The predicted octanol–water partition coefficient (Wildman–Crippen LogP) is 4.40. The molecule has 0 radical (unpaired) electrons. The molecule has 0 heterocycles. The molecule has 1 amide bonds. The lowest BCUT2D eigenvalue weighted by Gasteiger charge is -2.20. The molecular formula is C24H33NO7. The van der Waals surface area contributed by atoms with Gasteiger partial charge in [-0.25, -0.2) is 0 Å². The van der Waals surface area contributed by atoms with Gasteiger partial charge in [0.2, 0.25) is 11.5 Å². The van der Waals surface area contributed by atoms with E-state index in [4.69, 9.17) is 28.4 Å². The van der Waals surface area contributed by atoms with Gasteiger partial charge in [-0.05, 0) is 57.5 Å². The molecule has 0 fully saturated rings. The van der Waals surface area contributed by atoms with Crippen LogP contribution in [0.4, 0.5) is 0 Å². The Balaban J connectivity index is 2.37. The van der Waals surface area contributed by atoms with E-state index in [2.05, 4.69) is 5.32 Å². The van der Waals surface area contributed by atoms with Crippen LogP contribution in [0.25, 0.3) is 0 Å². The molecule has 0 bridgehead atoms. The Kier molecular flexibility index (Phi) is 9.31. The average Bonchev–Trinajstić information content (AvgIpc) is 2.79. The van der Waals surface area contributed by atoms with Gasteiger partial charge in [-0.1, -0.05) is 0 Å². The standard InChI is InChI=1S/C24H33NO7/c1-8-30-20-13-17(14-21(31-9-2)23(20)32-10-3)24(26)25-15(4)16-11-18(27-5)22(29-7)19(12-16)28-6/h11-15H,8-10H2,1-7H3,(H,25,26). The number of ether oxygens (including phenoxy) is 6. The summed E-state index contributed by atoms with van der Waals surface area (Å²) in [4.78, 5) is 13.1. The van der Waals surface area contributed by atoms with Crippen LogP contribution in [0.1, 0.15) is 49.7 Å². The van der Waals surface area contributed by atoms with Crippen LogP contribution in [-0.4, -0.2) is 47.1 Å². The monoisotopic (exact) mass is 447 g/mol. The topological polar surface area (TPSA) is 84.5 Å². The number of carbonyl (C=O) groups is 1. The van der Waals surface area contributed by atoms with Crippen molar-refractivity contribution in [1.82, 2.24) is 5.32 Å². The Morgan fingerprint density at radius 3 is 1.66 bits per heavy atom. The van der Waals surface area contributed by atoms with Gasteiger partial charge in [-0.15, -0.1) is 0 Å². The first-order valence-electron chi connectivity index (χ1n) is 10.6. The SMILES string of the molecule is CCOc1cc(C(=O)NC(C)c2cc(OC)c(OC)c(OC)c2)cc(OCC)c1OCC. The van der Waals surface area contributed by atoms with Gasteiger partial charge < -0.3 is 33.7 Å². The first-order valence-corrected chi connectivity index (χ1v) is 10.6. The normalized spacial score (nSPS) is 11.3. The van der Waals surface area contributed by atoms with E-state index >= 15 is 0 Å². The van der Waals surface area contributed by atoms with Gasteiger partial charge in [0.1, 0.15) is 0 Å². The third-order valence-electron chi connectivity index (χ3n) is 4.71. The second-order valence-electron chi connectivity index (χ2n) is 6.75. The average molecular weight is 448 g/mol. The summed E-state index contributed by atoms with van der Waals surface area (Å²) in [6.45, 7) is 8.80. The maximum Gasteiger partial charge on any atom is 0.252 e. The van der Waals surface area contributed by atoms with E-state index in [-0.39, 0.29) is 11.9 Å². The number of rotatable bonds is 12. The minimum atomic E-state index is -0.339. The van der Waals surface area contributed by atoms with E-state index in [0.29, 0.717) is 59.9 Å². The number of nitrogens with one attached hydrogen (secondary N) is 1. The largest absolute Gasteiger partial charge is 0.493 e. The minimum absolute atomic E-state index is 0.281. The third-order valence-corrected chi connectivity index (χ3v) is 4.71. The summed E-state index contributed by atoms with van der Waals surface area (Å²) in [6.07, 6.45) is 0. The van der Waals surface area contributed by atoms with E-state index in [1.165, 1.54) is 0 Å². The van der Waals surface area contributed by atoms with Crippen LogP contribution in [-0.2, 0) is 0 Å². The van der Waals surface area contributed by atoms with E-state index in [9.17, 15) is 4.79 Å². The highest BCUT2D eigenvalue weighted by Crippen LogP contribution is 2.41. The maximum atomic E-state index is 13.1. The number of amides is 1. The molecule has 0 aliphatic carbocycles. The maximum absolute atomic E-state index is 13.1. The quantitative estimate of drug-likeness (QED) is 0.516. The molecule has 176 valence electrons. The van der Waals surface area contributed by atoms with Crippen LogP contribution < -0.4 is 33.7 Å². The van der Waals surface area contributed by atoms with Crippen LogP contribution in [0.5, 0.6) is 34.5 Å². The van der Waals surface area contributed by atoms with Crippen molar-refractivity contribution in [3.05, 3.63) is 35.4 Å². The summed E-state index contributed by atoms with van der Waals surface area (Å²) in [7, 11) is 4.65. The zero-order valence-corrected chi connectivity index (χ0v) is 19.9. The van der Waals surface area contributed by atoms with Crippen molar-refractivity contribution >= 4 is 5.91 Å². The molecule has 1 N–H and O–H groups in total. The van der Waals surface area contributed by atoms with Gasteiger partial charge in [0.05, 0.1) is 47.2 Å². The van der Waals surface area contributed by atoms with E-state index in [1.807, 2.05) is 39.8 Å². The fraction of sp³-hybridized carbons (Fsp3) is 0.458. The predicted molar refractivity (Wildman–Crippen MR) is 122 cm³/mol. The number of hydrogen-bond donors (Lipinski definition) is 1. The second kappa shape index (κ2) is 11.9. The van der Waals surface area contributed by atoms with Crippen LogP contribution in [0.3, 0.4) is 0 Å². The summed E-state index contributed by atoms with van der Waals surface area (Å²) < 4.78 is 33.3. The number of carbonyl (C=O) groups excluding carboxylic acids is 1. The molecule has 8 heteroatoms. The first-order chi connectivity index (χ1) is 15.4. The van der Waals surface area contributed by atoms with Crippen molar-refractivity contribution in [3.8, 4) is 34.5 Å². The molecule has 0 spiro atoms. The van der Waals surface area contributed by atoms with Crippen molar-refractivity contribution in [3.63, 3.8) is 0 Å². The molecule has 0 aliphatic rings. The molecule has 1 atom stereocenters. The molecule has 1 unspecified atom stereocenters. The summed E-state index contributed by atoms with van der Waals surface area (Å²) in [6, 6.07) is 6.60. The molecule has 0 saturated heterocycles. The van der Waals surface area contributed by atoms with Crippen LogP contribution >= 0.6 is 0 Å². The molecule has 8 nitrogen and oxygen atoms in total. The fourth-order valence-electron chi connectivity index (χ4n) is 3.23. The summed E-state index contributed by atoms with van der Waals surface area (Å²) in [5, 5.41) is 3.00. The molecule has 0 aliphatic heterocycles. The Bertz CT molecular complexity index is 861. The highest BCUT2D eigenvalue weighted by Gasteiger charge is 2.21. The lowest BCUT2D eigenvalue weighted by atomic mass is 10.1. The van der Waals surface area contributed by atoms with Crippen molar-refractivity contribution < 1.29 is 33.2 Å². The molecular weight excluding hydrogens is 414 g/mol. The van der Waals surface area contributed by atoms with E-state index in [1.54, 1.807) is 33.5 Å². The lowest BCUT2D eigenvalue weighted by Crippen LogP contribution is -2.27. The summed E-state index contributed by atoms with van der Waals surface area (Å²) >= 11 is 0. The highest BCUT2D eigenvalue weighted by atomic mass is 16.5. The summed E-state index contributed by atoms with van der Waals surface area (Å²) in [5.41, 5.74) is 1.20. The van der Waals surface area contributed by atoms with Gasteiger partial charge in [0, 0.05) is 5.56 Å². The van der Waals surface area contributed by atoms with Crippen molar-refractivity contribution in [2.24, 2.45) is 0 Å². The Morgan fingerprint density at radius 1 is 0.750 bits per heavy atom. The van der Waals surface area contributed by atoms with Crippen molar-refractivity contribution in [2.75, 3.05) is 41.2 Å². The van der Waals surface area contributed by atoms with Crippen LogP contribution in [0.2, 0.25) is 0 Å². The molecule has 0 aromatic heterocycles. The first kappa shape index (κ1) is 25.0. The smallest absolute Gasteiger partial charge is 0.252 e. The zero-order chi connectivity index (χ0) is 23.7. The van der Waals surface area contributed by atoms with Gasteiger partial charge in [0.25, 0.3) is 5.91 Å². The van der Waals surface area contributed by atoms with Crippen molar-refractivity contribution in [2.45, 2.75) is 33.7 Å². The van der Waals surface area contributed by atoms with Gasteiger partial charge in [-0.2, -0.15) is 0 Å². The molecule has 0 saturated carbocycles. The number of benzene rings is 2. The highest BCUT2D eigenvalue weighted by molar-refractivity contribution is 5.96. The summed E-state index contributed by atoms with van der Waals surface area (Å²) in [5.74, 6) is 2.66. The number of methoxy groups -OCH3 is 3. The van der Waals surface area contributed by atoms with Crippen molar-refractivity contribution in [1.29, 1.82) is 0 Å². The molecule has 2 rings (SSSR count). The third kappa shape index (κ3) is 5.69.